The molecule has 0 aliphatic carbocycles. The zero-order valence-corrected chi connectivity index (χ0v) is 10.7. The number of amides is 2. The molecule has 1 saturated heterocycles. The summed E-state index contributed by atoms with van der Waals surface area (Å²) in [5, 5.41) is 2.74. The summed E-state index contributed by atoms with van der Waals surface area (Å²) in [4.78, 5) is 13.4. The van der Waals surface area contributed by atoms with Crippen LogP contribution in [0.3, 0.4) is 0 Å². The maximum atomic E-state index is 11.3. The quantitative estimate of drug-likeness (QED) is 0.770. The molecule has 3 N–H and O–H groups in total. The van der Waals surface area contributed by atoms with E-state index in [-0.39, 0.29) is 6.03 Å². The summed E-state index contributed by atoms with van der Waals surface area (Å²) in [6, 6.07) is 7.28. The van der Waals surface area contributed by atoms with Crippen LogP contribution in [0.4, 0.5) is 4.79 Å². The van der Waals surface area contributed by atoms with E-state index in [1.54, 1.807) is 11.0 Å². The van der Waals surface area contributed by atoms with Gasteiger partial charge >= 0.3 is 6.03 Å². The molecule has 0 spiro atoms. The molecule has 0 atom stereocenters. The van der Waals surface area contributed by atoms with Crippen LogP contribution in [0.1, 0.15) is 5.56 Å². The van der Waals surface area contributed by atoms with Gasteiger partial charge in [0.2, 0.25) is 0 Å². The average Bonchev–Trinajstić information content (AvgIpc) is 2.76. The number of hydrogen-bond acceptors (Lipinski definition) is 3. The van der Waals surface area contributed by atoms with Crippen LogP contribution in [0.25, 0.3) is 0 Å². The summed E-state index contributed by atoms with van der Waals surface area (Å²) in [5.41, 5.74) is 6.32. The Balaban J connectivity index is 1.84. The minimum absolute atomic E-state index is 0.0320. The molecule has 2 rings (SSSR count). The number of nitrogens with one attached hydrogen (secondary N) is 1. The number of thiocarbonyl (C=S) groups is 1. The van der Waals surface area contributed by atoms with Gasteiger partial charge in [0.25, 0.3) is 0 Å². The molecule has 5 nitrogen and oxygen atoms in total. The van der Waals surface area contributed by atoms with Crippen molar-refractivity contribution < 1.29 is 9.53 Å². The van der Waals surface area contributed by atoms with Crippen molar-refractivity contribution >= 4 is 23.2 Å². The standard InChI is InChI=1S/C12H15N3O2S/c13-11(18)9-2-1-3-10(8-9)17-7-6-15-5-4-14-12(15)16/h1-3,8H,4-7H2,(H2,13,18)(H,14,16). The van der Waals surface area contributed by atoms with E-state index in [4.69, 9.17) is 22.7 Å². The van der Waals surface area contributed by atoms with E-state index < -0.39 is 0 Å². The molecular weight excluding hydrogens is 250 g/mol. The molecule has 0 aromatic heterocycles. The fourth-order valence-electron chi connectivity index (χ4n) is 1.74. The first-order valence-electron chi connectivity index (χ1n) is 5.72. The number of nitrogens with two attached hydrogens (primary N) is 1. The topological polar surface area (TPSA) is 67.6 Å². The molecule has 1 aromatic carbocycles. The van der Waals surface area contributed by atoms with Crippen LogP contribution in [-0.4, -0.2) is 42.2 Å². The van der Waals surface area contributed by atoms with Crippen LogP contribution in [0.15, 0.2) is 24.3 Å². The van der Waals surface area contributed by atoms with Crippen molar-refractivity contribution in [2.24, 2.45) is 5.73 Å². The molecule has 6 heteroatoms. The van der Waals surface area contributed by atoms with Crippen LogP contribution in [0, 0.1) is 0 Å². The van der Waals surface area contributed by atoms with Crippen molar-refractivity contribution in [3.05, 3.63) is 29.8 Å². The van der Waals surface area contributed by atoms with Crippen LogP contribution >= 0.6 is 12.2 Å². The van der Waals surface area contributed by atoms with Crippen LogP contribution in [0.2, 0.25) is 0 Å². The third kappa shape index (κ3) is 3.10. The summed E-state index contributed by atoms with van der Waals surface area (Å²) in [6.45, 7) is 2.46. The molecule has 96 valence electrons. The number of hydrogen-bond donors (Lipinski definition) is 2. The molecule has 0 unspecified atom stereocenters. The van der Waals surface area contributed by atoms with Crippen molar-refractivity contribution in [2.45, 2.75) is 0 Å². The maximum absolute atomic E-state index is 11.3. The molecule has 1 aliphatic rings. The highest BCUT2D eigenvalue weighted by Gasteiger charge is 2.18. The highest BCUT2D eigenvalue weighted by molar-refractivity contribution is 7.80. The molecule has 18 heavy (non-hydrogen) atoms. The number of nitrogens with zero attached hydrogens (tertiary/aromatic N) is 1. The molecule has 0 bridgehead atoms. The fraction of sp³-hybridized carbons (Fsp3) is 0.333. The molecule has 1 fully saturated rings. The van der Waals surface area contributed by atoms with Crippen molar-refractivity contribution in [1.82, 2.24) is 10.2 Å². The normalized spacial score (nSPS) is 14.4. The summed E-state index contributed by atoms with van der Waals surface area (Å²) in [7, 11) is 0. The number of rotatable bonds is 5. The number of urea groups is 1. The smallest absolute Gasteiger partial charge is 0.317 e. The van der Waals surface area contributed by atoms with Gasteiger partial charge in [-0.3, -0.25) is 0 Å². The molecule has 1 aromatic rings. The number of carbonyl (C=O) groups is 1. The summed E-state index contributed by atoms with van der Waals surface area (Å²) in [5.74, 6) is 0.708. The molecular formula is C12H15N3O2S. The van der Waals surface area contributed by atoms with Gasteiger partial charge < -0.3 is 20.7 Å². The molecule has 0 saturated carbocycles. The van der Waals surface area contributed by atoms with Crippen LogP contribution in [0.5, 0.6) is 5.75 Å². The monoisotopic (exact) mass is 265 g/mol. The Morgan fingerprint density at radius 1 is 1.56 bits per heavy atom. The van der Waals surface area contributed by atoms with Gasteiger partial charge in [0, 0.05) is 18.7 Å². The van der Waals surface area contributed by atoms with E-state index in [9.17, 15) is 4.79 Å². The number of ether oxygens (including phenoxy) is 1. The summed E-state index contributed by atoms with van der Waals surface area (Å²) >= 11 is 4.90. The Bertz CT molecular complexity index is 464. The first-order valence-corrected chi connectivity index (χ1v) is 6.13. The Kier molecular flexibility index (Phi) is 3.99. The minimum Gasteiger partial charge on any atom is -0.492 e. The third-order valence-corrected chi connectivity index (χ3v) is 2.93. The van der Waals surface area contributed by atoms with Gasteiger partial charge in [-0.25, -0.2) is 4.79 Å². The van der Waals surface area contributed by atoms with Gasteiger partial charge in [0.15, 0.2) is 0 Å². The number of carbonyl (C=O) groups excluding carboxylic acids is 1. The number of benzene rings is 1. The highest BCUT2D eigenvalue weighted by atomic mass is 32.1. The van der Waals surface area contributed by atoms with Crippen LogP contribution < -0.4 is 15.8 Å². The molecule has 1 aliphatic heterocycles. The minimum atomic E-state index is -0.0320. The van der Waals surface area contributed by atoms with E-state index in [1.807, 2.05) is 18.2 Å². The third-order valence-electron chi connectivity index (χ3n) is 2.69. The Hall–Kier alpha value is -1.82. The van der Waals surface area contributed by atoms with Crippen molar-refractivity contribution in [3.63, 3.8) is 0 Å². The van der Waals surface area contributed by atoms with Gasteiger partial charge in [0.05, 0.1) is 6.54 Å². The predicted octanol–water partition coefficient (Wildman–Crippen LogP) is 0.725. The second kappa shape index (κ2) is 5.68. The van der Waals surface area contributed by atoms with Gasteiger partial charge in [-0.05, 0) is 12.1 Å². The van der Waals surface area contributed by atoms with Gasteiger partial charge in [-0.15, -0.1) is 0 Å². The van der Waals surface area contributed by atoms with Crippen molar-refractivity contribution in [1.29, 1.82) is 0 Å². The predicted molar refractivity (Wildman–Crippen MR) is 72.8 cm³/mol. The van der Waals surface area contributed by atoms with E-state index >= 15 is 0 Å². The fourth-order valence-corrected chi connectivity index (χ4v) is 1.86. The molecule has 2 amide bonds. The van der Waals surface area contributed by atoms with Gasteiger partial charge in [-0.1, -0.05) is 24.4 Å². The van der Waals surface area contributed by atoms with E-state index in [2.05, 4.69) is 5.32 Å². The maximum Gasteiger partial charge on any atom is 0.317 e. The van der Waals surface area contributed by atoms with E-state index in [1.165, 1.54) is 0 Å². The second-order valence-electron chi connectivity index (χ2n) is 3.96. The lowest BCUT2D eigenvalue weighted by molar-refractivity contribution is 0.202. The first kappa shape index (κ1) is 12.6. The zero-order chi connectivity index (χ0) is 13.0. The van der Waals surface area contributed by atoms with Gasteiger partial charge in [-0.2, -0.15) is 0 Å². The Morgan fingerprint density at radius 2 is 2.39 bits per heavy atom. The lowest BCUT2D eigenvalue weighted by Crippen LogP contribution is -2.31. The second-order valence-corrected chi connectivity index (χ2v) is 4.40. The Morgan fingerprint density at radius 3 is 3.06 bits per heavy atom. The average molecular weight is 265 g/mol. The lowest BCUT2D eigenvalue weighted by Gasteiger charge is -2.14. The van der Waals surface area contributed by atoms with Crippen molar-refractivity contribution in [2.75, 3.05) is 26.2 Å². The summed E-state index contributed by atoms with van der Waals surface area (Å²) < 4.78 is 5.57. The Labute approximate surface area is 111 Å². The first-order chi connectivity index (χ1) is 8.66. The molecule has 1 heterocycles. The lowest BCUT2D eigenvalue weighted by atomic mass is 10.2. The van der Waals surface area contributed by atoms with E-state index in [0.717, 1.165) is 12.1 Å². The highest BCUT2D eigenvalue weighted by Crippen LogP contribution is 2.13. The van der Waals surface area contributed by atoms with Crippen LogP contribution in [-0.2, 0) is 0 Å². The molecule has 0 radical (unpaired) electrons. The van der Waals surface area contributed by atoms with Crippen molar-refractivity contribution in [3.8, 4) is 5.75 Å². The zero-order valence-electron chi connectivity index (χ0n) is 9.89. The van der Waals surface area contributed by atoms with E-state index in [0.29, 0.717) is 30.4 Å². The largest absolute Gasteiger partial charge is 0.492 e. The van der Waals surface area contributed by atoms with Gasteiger partial charge in [0.1, 0.15) is 17.3 Å². The SMILES string of the molecule is NC(=S)c1cccc(OCCN2CCNC2=O)c1. The summed E-state index contributed by atoms with van der Waals surface area (Å²) in [6.07, 6.45) is 0.